The fourth-order valence-corrected chi connectivity index (χ4v) is 3.86. The number of carbonyl (C=O) groups excluding carboxylic acids is 1. The number of rotatable bonds is 5. The maximum atomic E-state index is 12.6. The minimum atomic E-state index is -0.871. The number of aromatic nitrogens is 2. The zero-order valence-electron chi connectivity index (χ0n) is 14.6. The van der Waals surface area contributed by atoms with Gasteiger partial charge in [0.25, 0.3) is 0 Å². The van der Waals surface area contributed by atoms with E-state index in [1.165, 1.54) is 12.8 Å². The number of aliphatic carboxylic acids is 1. The standard InChI is InChI=1S/C17H25N5O3/c1-11-13(6-7-15(24)25)16(20-17(18)19-11)21-8-9-22(14(23)10-21)12-4-2-3-5-12/h12H,2-10H2,1H3,(H,24,25)(H2,18,19,20). The molecule has 2 fully saturated rings. The van der Waals surface area contributed by atoms with Crippen LogP contribution in [0.2, 0.25) is 0 Å². The molecule has 3 rings (SSSR count). The zero-order chi connectivity index (χ0) is 18.0. The zero-order valence-corrected chi connectivity index (χ0v) is 14.6. The van der Waals surface area contributed by atoms with Crippen molar-refractivity contribution in [3.8, 4) is 0 Å². The molecule has 1 aromatic heterocycles. The van der Waals surface area contributed by atoms with Crippen molar-refractivity contribution in [2.45, 2.75) is 51.5 Å². The Morgan fingerprint density at radius 2 is 2.00 bits per heavy atom. The summed E-state index contributed by atoms with van der Waals surface area (Å²) in [6.07, 6.45) is 4.90. The molecule has 136 valence electrons. The smallest absolute Gasteiger partial charge is 0.303 e. The molecule has 0 aromatic carbocycles. The van der Waals surface area contributed by atoms with Gasteiger partial charge in [-0.05, 0) is 26.2 Å². The third kappa shape index (κ3) is 3.83. The van der Waals surface area contributed by atoms with Crippen molar-refractivity contribution in [1.29, 1.82) is 0 Å². The molecule has 0 atom stereocenters. The molecular formula is C17H25N5O3. The molecular weight excluding hydrogens is 322 g/mol. The highest BCUT2D eigenvalue weighted by Crippen LogP contribution is 2.28. The molecule has 1 aliphatic heterocycles. The molecule has 0 bridgehead atoms. The highest BCUT2D eigenvalue weighted by atomic mass is 16.4. The van der Waals surface area contributed by atoms with Gasteiger partial charge in [0.1, 0.15) is 5.82 Å². The number of nitrogens with zero attached hydrogens (tertiary/aromatic N) is 4. The lowest BCUT2D eigenvalue weighted by Crippen LogP contribution is -2.54. The molecule has 3 N–H and O–H groups in total. The summed E-state index contributed by atoms with van der Waals surface area (Å²) >= 11 is 0. The van der Waals surface area contributed by atoms with Crippen LogP contribution in [0.4, 0.5) is 11.8 Å². The molecule has 1 saturated heterocycles. The minimum Gasteiger partial charge on any atom is -0.481 e. The minimum absolute atomic E-state index is 0.00287. The maximum absolute atomic E-state index is 12.6. The summed E-state index contributed by atoms with van der Waals surface area (Å²) in [4.78, 5) is 36.0. The number of hydrogen-bond donors (Lipinski definition) is 2. The monoisotopic (exact) mass is 347 g/mol. The molecule has 2 heterocycles. The number of carbonyl (C=O) groups is 2. The van der Waals surface area contributed by atoms with Gasteiger partial charge in [-0.3, -0.25) is 9.59 Å². The molecule has 8 nitrogen and oxygen atoms in total. The van der Waals surface area contributed by atoms with Crippen molar-refractivity contribution in [3.05, 3.63) is 11.3 Å². The van der Waals surface area contributed by atoms with Crippen molar-refractivity contribution in [2.75, 3.05) is 30.3 Å². The predicted octanol–water partition coefficient (Wildman–Crippen LogP) is 0.976. The molecule has 1 aromatic rings. The van der Waals surface area contributed by atoms with Crippen LogP contribution in [0.25, 0.3) is 0 Å². The second kappa shape index (κ2) is 7.25. The number of piperazine rings is 1. The van der Waals surface area contributed by atoms with Crippen LogP contribution in [-0.4, -0.2) is 57.5 Å². The Bertz CT molecular complexity index is 672. The van der Waals surface area contributed by atoms with Gasteiger partial charge in [-0.25, -0.2) is 4.98 Å². The molecule has 1 aliphatic carbocycles. The van der Waals surface area contributed by atoms with Crippen LogP contribution in [0.15, 0.2) is 0 Å². The van der Waals surface area contributed by atoms with Crippen molar-refractivity contribution < 1.29 is 14.7 Å². The Balaban J connectivity index is 1.79. The van der Waals surface area contributed by atoms with E-state index >= 15 is 0 Å². The second-order valence-corrected chi connectivity index (χ2v) is 6.81. The van der Waals surface area contributed by atoms with E-state index in [1.54, 1.807) is 6.92 Å². The third-order valence-electron chi connectivity index (χ3n) is 5.12. The number of aryl methyl sites for hydroxylation is 1. The Morgan fingerprint density at radius 3 is 2.64 bits per heavy atom. The van der Waals surface area contributed by atoms with Crippen LogP contribution in [0.5, 0.6) is 0 Å². The number of hydrogen-bond acceptors (Lipinski definition) is 6. The second-order valence-electron chi connectivity index (χ2n) is 6.81. The van der Waals surface area contributed by atoms with E-state index in [4.69, 9.17) is 10.8 Å². The molecule has 0 radical (unpaired) electrons. The summed E-state index contributed by atoms with van der Waals surface area (Å²) in [6, 6.07) is 0.373. The summed E-state index contributed by atoms with van der Waals surface area (Å²) in [5, 5.41) is 8.98. The van der Waals surface area contributed by atoms with Crippen LogP contribution in [0.1, 0.15) is 43.4 Å². The predicted molar refractivity (Wildman–Crippen MR) is 93.3 cm³/mol. The summed E-state index contributed by atoms with van der Waals surface area (Å²) in [7, 11) is 0. The average Bonchev–Trinajstić information content (AvgIpc) is 3.07. The number of carboxylic acid groups (broad SMARTS) is 1. The molecule has 1 amide bonds. The van der Waals surface area contributed by atoms with E-state index in [0.717, 1.165) is 18.4 Å². The first-order chi connectivity index (χ1) is 12.0. The fourth-order valence-electron chi connectivity index (χ4n) is 3.86. The lowest BCUT2D eigenvalue weighted by atomic mass is 10.1. The van der Waals surface area contributed by atoms with Gasteiger partial charge < -0.3 is 20.6 Å². The van der Waals surface area contributed by atoms with E-state index in [1.807, 2.05) is 9.80 Å². The number of nitrogen functional groups attached to an aromatic ring is 1. The van der Waals surface area contributed by atoms with Gasteiger partial charge >= 0.3 is 5.97 Å². The van der Waals surface area contributed by atoms with Gasteiger partial charge in [0.15, 0.2) is 0 Å². The lowest BCUT2D eigenvalue weighted by molar-refractivity contribution is -0.137. The van der Waals surface area contributed by atoms with Crippen LogP contribution in [0.3, 0.4) is 0 Å². The van der Waals surface area contributed by atoms with E-state index in [0.29, 0.717) is 37.1 Å². The molecule has 0 spiro atoms. The van der Waals surface area contributed by atoms with Gasteiger partial charge in [-0.1, -0.05) is 12.8 Å². The molecule has 8 heteroatoms. The van der Waals surface area contributed by atoms with Crippen LogP contribution < -0.4 is 10.6 Å². The van der Waals surface area contributed by atoms with Crippen molar-refractivity contribution in [3.63, 3.8) is 0 Å². The summed E-state index contributed by atoms with van der Waals surface area (Å²) in [6.45, 7) is 3.41. The molecule has 2 aliphatic rings. The maximum Gasteiger partial charge on any atom is 0.303 e. The number of carboxylic acids is 1. The van der Waals surface area contributed by atoms with Gasteiger partial charge in [-0.15, -0.1) is 0 Å². The quantitative estimate of drug-likeness (QED) is 0.816. The molecule has 25 heavy (non-hydrogen) atoms. The van der Waals surface area contributed by atoms with E-state index in [-0.39, 0.29) is 24.8 Å². The summed E-state index contributed by atoms with van der Waals surface area (Å²) < 4.78 is 0. The number of amides is 1. The summed E-state index contributed by atoms with van der Waals surface area (Å²) in [5.74, 6) is -0.00982. The van der Waals surface area contributed by atoms with Crippen molar-refractivity contribution in [1.82, 2.24) is 14.9 Å². The van der Waals surface area contributed by atoms with Gasteiger partial charge in [0.2, 0.25) is 11.9 Å². The fraction of sp³-hybridized carbons (Fsp3) is 0.647. The van der Waals surface area contributed by atoms with Crippen molar-refractivity contribution >= 4 is 23.6 Å². The van der Waals surface area contributed by atoms with E-state index < -0.39 is 5.97 Å². The normalized spacial score (nSPS) is 18.8. The highest BCUT2D eigenvalue weighted by Gasteiger charge is 2.32. The Morgan fingerprint density at radius 1 is 1.28 bits per heavy atom. The van der Waals surface area contributed by atoms with Crippen LogP contribution in [-0.2, 0) is 16.0 Å². The van der Waals surface area contributed by atoms with Gasteiger partial charge in [0, 0.05) is 36.8 Å². The molecule has 0 unspecified atom stereocenters. The van der Waals surface area contributed by atoms with Crippen LogP contribution >= 0.6 is 0 Å². The Kier molecular flexibility index (Phi) is 5.06. The van der Waals surface area contributed by atoms with Crippen molar-refractivity contribution in [2.24, 2.45) is 0 Å². The first kappa shape index (κ1) is 17.4. The van der Waals surface area contributed by atoms with Gasteiger partial charge in [-0.2, -0.15) is 4.98 Å². The first-order valence-corrected chi connectivity index (χ1v) is 8.85. The number of anilines is 2. The molecule has 1 saturated carbocycles. The van der Waals surface area contributed by atoms with E-state index in [9.17, 15) is 9.59 Å². The topological polar surface area (TPSA) is 113 Å². The largest absolute Gasteiger partial charge is 0.481 e. The average molecular weight is 347 g/mol. The lowest BCUT2D eigenvalue weighted by Gasteiger charge is -2.39. The third-order valence-corrected chi connectivity index (χ3v) is 5.12. The summed E-state index contributed by atoms with van der Waals surface area (Å²) in [5.41, 5.74) is 7.23. The Hall–Kier alpha value is -2.38. The van der Waals surface area contributed by atoms with Crippen LogP contribution in [0, 0.1) is 6.92 Å². The highest BCUT2D eigenvalue weighted by molar-refractivity contribution is 5.83. The van der Waals surface area contributed by atoms with E-state index in [2.05, 4.69) is 9.97 Å². The number of nitrogens with two attached hydrogens (primary N) is 1. The first-order valence-electron chi connectivity index (χ1n) is 8.85. The SMILES string of the molecule is Cc1nc(N)nc(N2CCN(C3CCCC3)C(=O)C2)c1CCC(=O)O. The Labute approximate surface area is 147 Å². The van der Waals surface area contributed by atoms with Gasteiger partial charge in [0.05, 0.1) is 6.54 Å².